The predicted octanol–water partition coefficient (Wildman–Crippen LogP) is 4.21. The molecule has 2 nitrogen and oxygen atoms in total. The molecule has 0 saturated heterocycles. The monoisotopic (exact) mass is 306 g/mol. The van der Waals surface area contributed by atoms with E-state index in [1.54, 1.807) is 0 Å². The highest BCUT2D eigenvalue weighted by Gasteiger charge is 2.53. The van der Waals surface area contributed by atoms with Gasteiger partial charge in [-0.25, -0.2) is 0 Å². The largest absolute Gasteiger partial charge is 0.315 e. The molecular weight excluding hydrogens is 268 g/mol. The highest BCUT2D eigenvalue weighted by Crippen LogP contribution is 2.61. The Morgan fingerprint density at radius 1 is 1.00 bits per heavy atom. The first-order valence-electron chi connectivity index (χ1n) is 10.0. The summed E-state index contributed by atoms with van der Waals surface area (Å²) in [6.07, 6.45) is 11.7. The molecule has 4 atom stereocenters. The van der Waals surface area contributed by atoms with Crippen LogP contribution in [0.15, 0.2) is 0 Å². The molecular formula is C20H38N2. The molecule has 0 amide bonds. The molecule has 2 heteroatoms. The number of nitrogens with one attached hydrogen (secondary N) is 2. The molecule has 0 aliphatic heterocycles. The highest BCUT2D eigenvalue weighted by atomic mass is 15.0. The van der Waals surface area contributed by atoms with Gasteiger partial charge in [-0.05, 0) is 74.7 Å². The van der Waals surface area contributed by atoms with Crippen molar-refractivity contribution in [2.45, 2.75) is 78.2 Å². The molecule has 4 aliphatic carbocycles. The zero-order valence-electron chi connectivity index (χ0n) is 15.2. The molecule has 4 saturated carbocycles. The molecule has 4 rings (SSSR count). The van der Waals surface area contributed by atoms with E-state index in [0.717, 1.165) is 36.8 Å². The van der Waals surface area contributed by atoms with E-state index in [1.807, 2.05) is 0 Å². The van der Waals surface area contributed by atoms with Crippen LogP contribution in [0.1, 0.15) is 72.1 Å². The minimum Gasteiger partial charge on any atom is -0.315 e. The average Bonchev–Trinajstić information content (AvgIpc) is 2.55. The van der Waals surface area contributed by atoms with Crippen molar-refractivity contribution in [3.05, 3.63) is 0 Å². The first kappa shape index (κ1) is 16.8. The Balaban J connectivity index is 1.28. The van der Waals surface area contributed by atoms with Crippen LogP contribution >= 0.6 is 0 Å². The van der Waals surface area contributed by atoms with Crippen molar-refractivity contribution >= 4 is 0 Å². The van der Waals surface area contributed by atoms with Gasteiger partial charge in [0, 0.05) is 19.1 Å². The summed E-state index contributed by atoms with van der Waals surface area (Å²) in [5.41, 5.74) is 0.637. The Morgan fingerprint density at radius 2 is 1.77 bits per heavy atom. The number of rotatable bonds is 7. The molecule has 2 bridgehead atoms. The average molecular weight is 307 g/mol. The minimum absolute atomic E-state index is 0.637. The third kappa shape index (κ3) is 3.53. The fourth-order valence-electron chi connectivity index (χ4n) is 5.68. The lowest BCUT2D eigenvalue weighted by molar-refractivity contribution is -0.103. The zero-order chi connectivity index (χ0) is 15.6. The number of fused-ring (bicyclic) bond motifs is 2. The van der Waals surface area contributed by atoms with Crippen LogP contribution in [-0.2, 0) is 0 Å². The van der Waals surface area contributed by atoms with Crippen molar-refractivity contribution in [1.82, 2.24) is 10.6 Å². The molecule has 2 unspecified atom stereocenters. The Labute approximate surface area is 138 Å². The van der Waals surface area contributed by atoms with Gasteiger partial charge in [0.25, 0.3) is 0 Å². The van der Waals surface area contributed by atoms with Crippen LogP contribution < -0.4 is 10.6 Å². The molecule has 22 heavy (non-hydrogen) atoms. The maximum Gasteiger partial charge on any atom is 0.00793 e. The third-order valence-corrected chi connectivity index (χ3v) is 7.53. The van der Waals surface area contributed by atoms with Crippen molar-refractivity contribution in [1.29, 1.82) is 0 Å². The number of hydrogen-bond acceptors (Lipinski definition) is 2. The van der Waals surface area contributed by atoms with Crippen LogP contribution in [0.5, 0.6) is 0 Å². The lowest BCUT2D eigenvalue weighted by atomic mass is 9.45. The van der Waals surface area contributed by atoms with Gasteiger partial charge < -0.3 is 10.6 Å². The van der Waals surface area contributed by atoms with E-state index in [0.29, 0.717) is 11.5 Å². The standard InChI is InChI=1S/C20H38N2/c1-15(16-7-5-4-6-8-16)22-12-11-21-14-17-9-10-18-13-19(17)20(18,2)3/h15-19,21-22H,4-14H2,1-3H3/t15-,17-,18?,19?/m0/s1. The van der Waals surface area contributed by atoms with Gasteiger partial charge >= 0.3 is 0 Å². The van der Waals surface area contributed by atoms with E-state index in [-0.39, 0.29) is 0 Å². The van der Waals surface area contributed by atoms with Gasteiger partial charge in [-0.1, -0.05) is 33.1 Å². The molecule has 0 aromatic rings. The molecule has 0 spiro atoms. The number of hydrogen-bond donors (Lipinski definition) is 2. The first-order valence-corrected chi connectivity index (χ1v) is 10.0. The molecule has 4 aliphatic rings. The molecule has 0 aromatic carbocycles. The van der Waals surface area contributed by atoms with E-state index in [4.69, 9.17) is 0 Å². The fraction of sp³-hybridized carbons (Fsp3) is 1.00. The maximum atomic E-state index is 3.76. The Kier molecular flexibility index (Phi) is 5.50. The third-order valence-electron chi connectivity index (χ3n) is 7.53. The van der Waals surface area contributed by atoms with E-state index >= 15 is 0 Å². The van der Waals surface area contributed by atoms with Gasteiger partial charge in [0.1, 0.15) is 0 Å². The summed E-state index contributed by atoms with van der Waals surface area (Å²) in [6.45, 7) is 10.9. The van der Waals surface area contributed by atoms with Crippen molar-refractivity contribution in [2.24, 2.45) is 29.1 Å². The van der Waals surface area contributed by atoms with E-state index in [9.17, 15) is 0 Å². The van der Waals surface area contributed by atoms with Gasteiger partial charge in [0.15, 0.2) is 0 Å². The lowest BCUT2D eigenvalue weighted by Crippen LogP contribution is -2.54. The quantitative estimate of drug-likeness (QED) is 0.689. The summed E-state index contributed by atoms with van der Waals surface area (Å²) in [7, 11) is 0. The van der Waals surface area contributed by atoms with Crippen molar-refractivity contribution in [3.63, 3.8) is 0 Å². The summed E-state index contributed by atoms with van der Waals surface area (Å²) in [5, 5.41) is 7.51. The van der Waals surface area contributed by atoms with Gasteiger partial charge in [-0.3, -0.25) is 0 Å². The molecule has 0 heterocycles. The predicted molar refractivity (Wildman–Crippen MR) is 95.0 cm³/mol. The minimum atomic E-state index is 0.637. The van der Waals surface area contributed by atoms with Gasteiger partial charge in [0.2, 0.25) is 0 Å². The fourth-order valence-corrected chi connectivity index (χ4v) is 5.68. The summed E-state index contributed by atoms with van der Waals surface area (Å²) in [6, 6.07) is 0.711. The van der Waals surface area contributed by atoms with Crippen molar-refractivity contribution in [2.75, 3.05) is 19.6 Å². The lowest BCUT2D eigenvalue weighted by Gasteiger charge is -2.60. The van der Waals surface area contributed by atoms with Crippen molar-refractivity contribution < 1.29 is 0 Å². The summed E-state index contributed by atoms with van der Waals surface area (Å²) < 4.78 is 0. The van der Waals surface area contributed by atoms with E-state index in [2.05, 4.69) is 31.4 Å². The summed E-state index contributed by atoms with van der Waals surface area (Å²) >= 11 is 0. The molecule has 0 radical (unpaired) electrons. The van der Waals surface area contributed by atoms with Gasteiger partial charge in [-0.2, -0.15) is 0 Å². The summed E-state index contributed by atoms with van der Waals surface area (Å²) in [4.78, 5) is 0. The SMILES string of the molecule is C[C@H](NCCNC[C@@H]1CCC2CC1C2(C)C)C1CCCCC1. The maximum absolute atomic E-state index is 3.76. The Morgan fingerprint density at radius 3 is 2.45 bits per heavy atom. The topological polar surface area (TPSA) is 24.1 Å². The Bertz CT molecular complexity index is 344. The molecule has 128 valence electrons. The second kappa shape index (κ2) is 7.21. The zero-order valence-corrected chi connectivity index (χ0v) is 15.2. The van der Waals surface area contributed by atoms with Crippen molar-refractivity contribution in [3.8, 4) is 0 Å². The smallest absolute Gasteiger partial charge is 0.00793 e. The molecule has 0 aromatic heterocycles. The van der Waals surface area contributed by atoms with Crippen LogP contribution in [0.25, 0.3) is 0 Å². The molecule has 4 fully saturated rings. The van der Waals surface area contributed by atoms with Crippen LogP contribution in [0.2, 0.25) is 0 Å². The van der Waals surface area contributed by atoms with Gasteiger partial charge in [-0.15, -0.1) is 0 Å². The summed E-state index contributed by atoms with van der Waals surface area (Å²) in [5.74, 6) is 3.90. The van der Waals surface area contributed by atoms with E-state index in [1.165, 1.54) is 57.9 Å². The highest BCUT2D eigenvalue weighted by molar-refractivity contribution is 5.03. The van der Waals surface area contributed by atoms with Crippen LogP contribution in [0.4, 0.5) is 0 Å². The van der Waals surface area contributed by atoms with E-state index < -0.39 is 0 Å². The van der Waals surface area contributed by atoms with Crippen LogP contribution in [-0.4, -0.2) is 25.7 Å². The second-order valence-corrected chi connectivity index (χ2v) is 9.04. The Hall–Kier alpha value is -0.0800. The first-order chi connectivity index (χ1) is 10.6. The molecule has 2 N–H and O–H groups in total. The van der Waals surface area contributed by atoms with Gasteiger partial charge in [0.05, 0.1) is 0 Å². The van der Waals surface area contributed by atoms with Crippen LogP contribution in [0.3, 0.4) is 0 Å². The normalized spacial score (nSPS) is 35.9. The van der Waals surface area contributed by atoms with Crippen LogP contribution in [0, 0.1) is 29.1 Å². The second-order valence-electron chi connectivity index (χ2n) is 9.04.